The Hall–Kier alpha value is -1.19. The van der Waals surface area contributed by atoms with Crippen molar-refractivity contribution >= 4 is 31.2 Å². The molecule has 9 heteroatoms. The first kappa shape index (κ1) is 28.8. The van der Waals surface area contributed by atoms with E-state index < -0.39 is 37.1 Å². The highest BCUT2D eigenvalue weighted by molar-refractivity contribution is 6.87. The number of ether oxygens (including phenoxy) is 1. The third kappa shape index (κ3) is 10.6. The van der Waals surface area contributed by atoms with E-state index in [1.807, 2.05) is 12.2 Å². The van der Waals surface area contributed by atoms with Gasteiger partial charge in [0.2, 0.25) is 0 Å². The fraction of sp³-hybridized carbons (Fsp3) is 0.739. The van der Waals surface area contributed by atoms with Crippen molar-refractivity contribution in [3.05, 3.63) is 23.4 Å². The van der Waals surface area contributed by atoms with Crippen LogP contribution in [0.15, 0.2) is 23.4 Å². The van der Waals surface area contributed by atoms with Gasteiger partial charge in [-0.15, -0.1) is 0 Å². The summed E-state index contributed by atoms with van der Waals surface area (Å²) in [7, 11) is -5.65. The van der Waals surface area contributed by atoms with Crippen molar-refractivity contribution in [3.63, 3.8) is 0 Å². The maximum Gasteiger partial charge on any atom is 0.327 e. The normalized spacial score (nSPS) is 17.7. The fourth-order valence-electron chi connectivity index (χ4n) is 4.13. The van der Waals surface area contributed by atoms with Crippen LogP contribution in [0, 0.1) is 22.7 Å². The molecule has 1 rings (SSSR count). The summed E-state index contributed by atoms with van der Waals surface area (Å²) in [4.78, 5) is 12.2. The zero-order chi connectivity index (χ0) is 24.8. The molecule has 0 bridgehead atoms. The number of nitrogens with one attached hydrogen (secondary N) is 1. The lowest BCUT2D eigenvalue weighted by molar-refractivity contribution is -0.144. The molecule has 1 aliphatic carbocycles. The maximum absolute atomic E-state index is 12.2. The highest BCUT2D eigenvalue weighted by Crippen LogP contribution is 2.35. The number of esters is 1. The minimum absolute atomic E-state index is 0.140. The monoisotopic (exact) mass is 496 g/mol. The van der Waals surface area contributed by atoms with E-state index in [4.69, 9.17) is 13.0 Å². The van der Waals surface area contributed by atoms with E-state index >= 15 is 0 Å². The second-order valence-corrected chi connectivity index (χ2v) is 24.2. The fourth-order valence-corrected chi connectivity index (χ4v) is 16.7. The van der Waals surface area contributed by atoms with Crippen LogP contribution in [-0.4, -0.2) is 44.3 Å². The number of carbonyl (C=O) groups is 1. The topological polar surface area (TPSA) is 80.6 Å². The molecule has 182 valence electrons. The summed E-state index contributed by atoms with van der Waals surface area (Å²) in [5, 5.41) is 13.1. The van der Waals surface area contributed by atoms with Gasteiger partial charge in [-0.2, -0.15) is 5.26 Å². The van der Waals surface area contributed by atoms with Crippen molar-refractivity contribution in [2.75, 3.05) is 13.2 Å². The van der Waals surface area contributed by atoms with Crippen molar-refractivity contribution in [2.24, 2.45) is 11.3 Å². The Bertz CT molecular complexity index is 743. The van der Waals surface area contributed by atoms with Crippen LogP contribution in [0.4, 0.5) is 0 Å². The van der Waals surface area contributed by atoms with Crippen LogP contribution >= 0.6 is 0 Å². The first-order chi connectivity index (χ1) is 14.5. The van der Waals surface area contributed by atoms with Gasteiger partial charge in [-0.1, -0.05) is 19.9 Å². The van der Waals surface area contributed by atoms with Gasteiger partial charge >= 0.3 is 14.5 Å². The van der Waals surface area contributed by atoms with Gasteiger partial charge in [0.05, 0.1) is 12.7 Å². The number of allylic oxidation sites excluding steroid dienone is 3. The number of hydrogen-bond acceptors (Lipinski definition) is 6. The quantitative estimate of drug-likeness (QED) is 0.212. The molecule has 0 saturated heterocycles. The number of nitriles is 1. The average molecular weight is 497 g/mol. The third-order valence-corrected chi connectivity index (χ3v) is 14.3. The molecule has 0 amide bonds. The zero-order valence-corrected chi connectivity index (χ0v) is 24.8. The Morgan fingerprint density at radius 1 is 1.16 bits per heavy atom. The smallest absolute Gasteiger partial charge is 0.327 e. The van der Waals surface area contributed by atoms with Crippen molar-refractivity contribution in [1.82, 2.24) is 5.32 Å². The summed E-state index contributed by atoms with van der Waals surface area (Å²) < 4.78 is 18.3. The van der Waals surface area contributed by atoms with E-state index in [-0.39, 0.29) is 12.0 Å². The van der Waals surface area contributed by atoms with Crippen LogP contribution in [0.5, 0.6) is 0 Å². The van der Waals surface area contributed by atoms with E-state index in [2.05, 4.69) is 71.1 Å². The first-order valence-corrected chi connectivity index (χ1v) is 21.0. The number of carbonyl (C=O) groups excluding carboxylic acids is 1. The predicted molar refractivity (Wildman–Crippen MR) is 138 cm³/mol. The van der Waals surface area contributed by atoms with Crippen LogP contribution in [-0.2, 0) is 17.8 Å². The van der Waals surface area contributed by atoms with Crippen molar-refractivity contribution in [1.29, 1.82) is 5.26 Å². The van der Waals surface area contributed by atoms with Gasteiger partial charge < -0.3 is 18.3 Å². The lowest BCUT2D eigenvalue weighted by Gasteiger charge is -2.38. The Morgan fingerprint density at radius 3 is 2.19 bits per heavy atom. The van der Waals surface area contributed by atoms with Crippen LogP contribution in [0.2, 0.25) is 51.9 Å². The van der Waals surface area contributed by atoms with Gasteiger partial charge in [-0.25, -0.2) is 0 Å². The van der Waals surface area contributed by atoms with Crippen LogP contribution < -0.4 is 5.32 Å². The zero-order valence-electron chi connectivity index (χ0n) is 21.8. The summed E-state index contributed by atoms with van der Waals surface area (Å²) in [5.41, 5.74) is 1.63. The Kier molecular flexibility index (Phi) is 10.2. The van der Waals surface area contributed by atoms with E-state index in [1.54, 1.807) is 6.92 Å². The van der Waals surface area contributed by atoms with Gasteiger partial charge in [-0.3, -0.25) is 4.79 Å². The minimum atomic E-state index is -2.25. The van der Waals surface area contributed by atoms with E-state index in [1.165, 1.54) is 0 Å². The van der Waals surface area contributed by atoms with Crippen LogP contribution in [0.25, 0.3) is 0 Å². The Balaban J connectivity index is 2.85. The third-order valence-electron chi connectivity index (χ3n) is 4.73. The van der Waals surface area contributed by atoms with Gasteiger partial charge in [0, 0.05) is 12.2 Å². The van der Waals surface area contributed by atoms with Gasteiger partial charge in [0.15, 0.2) is 22.6 Å². The maximum atomic E-state index is 12.2. The average Bonchev–Trinajstić information content (AvgIpc) is 2.55. The number of nitrogens with zero attached hydrogens (tertiary/aromatic N) is 1. The number of rotatable bonds is 12. The summed E-state index contributed by atoms with van der Waals surface area (Å²) >= 11 is 0. The predicted octanol–water partition coefficient (Wildman–Crippen LogP) is 5.68. The Morgan fingerprint density at radius 2 is 1.72 bits per heavy atom. The molecule has 0 saturated carbocycles. The molecular formula is C23H44N2O4Si3. The lowest BCUT2D eigenvalue weighted by Crippen LogP contribution is -2.52. The molecule has 0 aromatic carbocycles. The molecule has 32 heavy (non-hydrogen) atoms. The molecule has 1 atom stereocenters. The molecule has 1 unspecified atom stereocenters. The highest BCUT2D eigenvalue weighted by atomic mass is 28.5. The van der Waals surface area contributed by atoms with E-state index in [9.17, 15) is 10.1 Å². The molecule has 6 nitrogen and oxygen atoms in total. The van der Waals surface area contributed by atoms with Crippen molar-refractivity contribution in [2.45, 2.75) is 85.5 Å². The number of hydrogen-bond donors (Lipinski definition) is 1. The van der Waals surface area contributed by atoms with Crippen LogP contribution in [0.3, 0.4) is 0 Å². The molecule has 0 heterocycles. The molecule has 0 radical (unpaired) electrons. The Labute approximate surface area is 198 Å². The highest BCUT2D eigenvalue weighted by Gasteiger charge is 2.39. The van der Waals surface area contributed by atoms with Crippen molar-refractivity contribution < 1.29 is 17.8 Å². The second-order valence-electron chi connectivity index (χ2n) is 11.4. The van der Waals surface area contributed by atoms with Gasteiger partial charge in [0.1, 0.15) is 0 Å². The minimum Gasteiger partial charge on any atom is -0.465 e. The molecule has 1 N–H and O–H groups in total. The second kappa shape index (κ2) is 11.3. The molecule has 0 aromatic heterocycles. The first-order valence-electron chi connectivity index (χ1n) is 11.6. The lowest BCUT2D eigenvalue weighted by atomic mass is 9.79. The molecular weight excluding hydrogens is 453 g/mol. The summed E-state index contributed by atoms with van der Waals surface area (Å²) in [6.07, 6.45) is 5.76. The van der Waals surface area contributed by atoms with E-state index in [0.717, 1.165) is 31.1 Å². The largest absolute Gasteiger partial charge is 0.465 e. The summed E-state index contributed by atoms with van der Waals surface area (Å²) in [6.45, 7) is 22.6. The molecule has 1 aliphatic rings. The molecule has 0 fully saturated rings. The molecule has 0 spiro atoms. The molecule has 0 aliphatic heterocycles. The SMILES string of the molecule is CCOC(=O)C(C#N)C1=CC(C)(C)CC(NCCC[Si](C)(O[Si](C)(C)C)O[Si](C)(C)C)=C1. The standard InChI is InChI=1S/C23H44N2O4Si3/c1-11-27-22(26)21(18-24)19-15-20(17-23(2,3)16-19)25-13-12-14-32(10,28-30(4,5)6)29-31(7,8)9/h15-16,21,25H,11-14,17H2,1-10H3. The van der Waals surface area contributed by atoms with Crippen LogP contribution in [0.1, 0.15) is 33.6 Å². The van der Waals surface area contributed by atoms with Gasteiger partial charge in [-0.05, 0) is 88.7 Å². The van der Waals surface area contributed by atoms with E-state index in [0.29, 0.717) is 5.57 Å². The van der Waals surface area contributed by atoms with Crippen molar-refractivity contribution in [3.8, 4) is 6.07 Å². The van der Waals surface area contributed by atoms with Gasteiger partial charge in [0.25, 0.3) is 0 Å². The summed E-state index contributed by atoms with van der Waals surface area (Å²) in [6, 6.07) is 3.05. The molecule has 0 aromatic rings. The summed E-state index contributed by atoms with van der Waals surface area (Å²) in [5.74, 6) is -1.37.